The summed E-state index contributed by atoms with van der Waals surface area (Å²) in [6.45, 7) is 10.3. The van der Waals surface area contributed by atoms with E-state index >= 15 is 0 Å². The Morgan fingerprint density at radius 3 is 2.09 bits per heavy atom. The lowest BCUT2D eigenvalue weighted by molar-refractivity contribution is -0.143. The number of aliphatic hydroxyl groups excluding tert-OH is 1. The van der Waals surface area contributed by atoms with E-state index in [4.69, 9.17) is 16.0 Å². The molecule has 0 fully saturated rings. The van der Waals surface area contributed by atoms with Crippen LogP contribution in [0.2, 0.25) is 23.3 Å². The first-order chi connectivity index (χ1) is 15.8. The summed E-state index contributed by atoms with van der Waals surface area (Å²) in [7, 11) is -1.94. The first kappa shape index (κ1) is 29.2. The Morgan fingerprint density at radius 2 is 1.60 bits per heavy atom. The molecule has 1 N–H and O–H groups in total. The van der Waals surface area contributed by atoms with E-state index in [-0.39, 0.29) is 27.5 Å². The van der Waals surface area contributed by atoms with Crippen LogP contribution in [0.3, 0.4) is 0 Å². The molecular weight excluding hydrogens is 516 g/mol. The first-order valence-electron chi connectivity index (χ1n) is 10.5. The SMILES string of the molecule is CC(C)(C)[Si](C)(C)OCCC#CC(O)c1nnn(Cc2cc(C(F)(F)F)cc(C(F)(F)F)c2)c1Cl. The molecule has 0 amide bonds. The molecule has 0 saturated carbocycles. The molecule has 0 aliphatic rings. The molecule has 0 aliphatic heterocycles. The Balaban J connectivity index is 2.15. The molecular formula is C22H26ClF6N3O2Si. The molecule has 13 heteroatoms. The molecule has 0 bridgehead atoms. The van der Waals surface area contributed by atoms with Crippen molar-refractivity contribution in [2.75, 3.05) is 6.61 Å². The molecule has 35 heavy (non-hydrogen) atoms. The van der Waals surface area contributed by atoms with Crippen LogP contribution in [0.15, 0.2) is 18.2 Å². The maximum Gasteiger partial charge on any atom is 0.416 e. The molecule has 0 spiro atoms. The van der Waals surface area contributed by atoms with Crippen LogP contribution in [0, 0.1) is 11.8 Å². The van der Waals surface area contributed by atoms with E-state index < -0.39 is 44.4 Å². The summed E-state index contributed by atoms with van der Waals surface area (Å²) in [5.41, 5.74) is -3.41. The summed E-state index contributed by atoms with van der Waals surface area (Å²) in [4.78, 5) is 0. The van der Waals surface area contributed by atoms with Crippen LogP contribution in [0.1, 0.15) is 55.7 Å². The number of aromatic nitrogens is 3. The highest BCUT2D eigenvalue weighted by Crippen LogP contribution is 2.37. The number of alkyl halides is 6. The molecule has 0 aliphatic carbocycles. The second-order valence-corrected chi connectivity index (χ2v) is 14.6. The van der Waals surface area contributed by atoms with Gasteiger partial charge in [0.2, 0.25) is 0 Å². The third-order valence-corrected chi connectivity index (χ3v) is 10.6. The fraction of sp³-hybridized carbons (Fsp3) is 0.545. The van der Waals surface area contributed by atoms with Crippen LogP contribution in [-0.2, 0) is 23.3 Å². The van der Waals surface area contributed by atoms with E-state index in [2.05, 4.69) is 56.0 Å². The van der Waals surface area contributed by atoms with E-state index in [0.717, 1.165) is 4.68 Å². The van der Waals surface area contributed by atoms with Gasteiger partial charge in [-0.3, -0.25) is 0 Å². The summed E-state index contributed by atoms with van der Waals surface area (Å²) >= 11 is 6.13. The number of rotatable bonds is 6. The van der Waals surface area contributed by atoms with E-state index in [1.54, 1.807) is 0 Å². The Morgan fingerprint density at radius 1 is 1.06 bits per heavy atom. The lowest BCUT2D eigenvalue weighted by Crippen LogP contribution is -2.40. The van der Waals surface area contributed by atoms with Gasteiger partial charge in [0.25, 0.3) is 0 Å². The van der Waals surface area contributed by atoms with Crippen molar-refractivity contribution >= 4 is 19.9 Å². The molecule has 0 radical (unpaired) electrons. The van der Waals surface area contributed by atoms with E-state index in [1.165, 1.54) is 0 Å². The molecule has 5 nitrogen and oxygen atoms in total. The number of nitrogens with zero attached hydrogens (tertiary/aromatic N) is 3. The number of hydrogen-bond donors (Lipinski definition) is 1. The summed E-state index contributed by atoms with van der Waals surface area (Å²) < 4.78 is 85.3. The van der Waals surface area contributed by atoms with Gasteiger partial charge in [0.05, 0.1) is 17.7 Å². The van der Waals surface area contributed by atoms with Crippen molar-refractivity contribution in [3.63, 3.8) is 0 Å². The molecule has 1 unspecified atom stereocenters. The fourth-order valence-electron chi connectivity index (χ4n) is 2.68. The van der Waals surface area contributed by atoms with Gasteiger partial charge in [-0.1, -0.05) is 49.4 Å². The highest BCUT2D eigenvalue weighted by Gasteiger charge is 2.38. The highest BCUT2D eigenvalue weighted by atomic mass is 35.5. The summed E-state index contributed by atoms with van der Waals surface area (Å²) in [5, 5.41) is 17.4. The zero-order valence-corrected chi connectivity index (χ0v) is 21.5. The van der Waals surface area contributed by atoms with Crippen LogP contribution in [-0.4, -0.2) is 35.0 Å². The molecule has 1 aromatic heterocycles. The highest BCUT2D eigenvalue weighted by molar-refractivity contribution is 6.74. The second kappa shape index (κ2) is 10.5. The van der Waals surface area contributed by atoms with Gasteiger partial charge in [0.15, 0.2) is 19.6 Å². The number of halogens is 7. The van der Waals surface area contributed by atoms with Crippen LogP contribution in [0.5, 0.6) is 0 Å². The van der Waals surface area contributed by atoms with Crippen molar-refractivity contribution in [1.82, 2.24) is 15.0 Å². The topological polar surface area (TPSA) is 60.2 Å². The summed E-state index contributed by atoms with van der Waals surface area (Å²) in [6, 6.07) is 1.18. The third kappa shape index (κ3) is 7.70. The minimum Gasteiger partial charge on any atom is -0.416 e. The normalized spacial score (nSPS) is 14.0. The Hall–Kier alpha value is -2.07. The Labute approximate surface area is 205 Å². The largest absolute Gasteiger partial charge is 0.416 e. The molecule has 2 aromatic rings. The van der Waals surface area contributed by atoms with Crippen LogP contribution >= 0.6 is 11.6 Å². The molecule has 1 aromatic carbocycles. The second-order valence-electron chi connectivity index (χ2n) is 9.42. The van der Waals surface area contributed by atoms with E-state index in [1.807, 2.05) is 0 Å². The van der Waals surface area contributed by atoms with Crippen molar-refractivity contribution < 1.29 is 35.9 Å². The van der Waals surface area contributed by atoms with Crippen molar-refractivity contribution in [2.24, 2.45) is 0 Å². The Kier molecular flexibility index (Phi) is 8.75. The van der Waals surface area contributed by atoms with Crippen molar-refractivity contribution in [1.29, 1.82) is 0 Å². The van der Waals surface area contributed by atoms with Crippen LogP contribution in [0.4, 0.5) is 26.3 Å². The minimum absolute atomic E-state index is 0.0338. The summed E-state index contributed by atoms with van der Waals surface area (Å²) in [5.74, 6) is 5.30. The molecule has 194 valence electrons. The van der Waals surface area contributed by atoms with Gasteiger partial charge < -0.3 is 9.53 Å². The van der Waals surface area contributed by atoms with Gasteiger partial charge in [0.1, 0.15) is 5.69 Å². The van der Waals surface area contributed by atoms with E-state index in [0.29, 0.717) is 25.2 Å². The number of benzene rings is 1. The van der Waals surface area contributed by atoms with Crippen LogP contribution < -0.4 is 0 Å². The zero-order valence-electron chi connectivity index (χ0n) is 19.8. The lowest BCUT2D eigenvalue weighted by Gasteiger charge is -2.35. The minimum atomic E-state index is -4.98. The molecule has 1 heterocycles. The quantitative estimate of drug-likeness (QED) is 0.197. The van der Waals surface area contributed by atoms with Crippen molar-refractivity contribution in [2.45, 2.75) is 70.3 Å². The maximum absolute atomic E-state index is 13.1. The zero-order chi connectivity index (χ0) is 26.8. The first-order valence-corrected chi connectivity index (χ1v) is 13.8. The predicted molar refractivity (Wildman–Crippen MR) is 121 cm³/mol. The van der Waals surface area contributed by atoms with E-state index in [9.17, 15) is 31.4 Å². The third-order valence-electron chi connectivity index (χ3n) is 5.67. The Bertz CT molecular complexity index is 1070. The molecule has 0 saturated heterocycles. The average Bonchev–Trinajstić information content (AvgIpc) is 3.05. The predicted octanol–water partition coefficient (Wildman–Crippen LogP) is 6.47. The summed E-state index contributed by atoms with van der Waals surface area (Å²) in [6.07, 6.45) is -11.1. The van der Waals surface area contributed by atoms with Gasteiger partial charge in [-0.05, 0) is 41.9 Å². The van der Waals surface area contributed by atoms with Gasteiger partial charge in [-0.2, -0.15) is 26.3 Å². The number of aliphatic hydroxyl groups is 1. The fourth-order valence-corrected chi connectivity index (χ4v) is 3.96. The monoisotopic (exact) mass is 541 g/mol. The van der Waals surface area contributed by atoms with Crippen LogP contribution in [0.25, 0.3) is 0 Å². The van der Waals surface area contributed by atoms with Gasteiger partial charge in [-0.15, -0.1) is 5.10 Å². The van der Waals surface area contributed by atoms with Gasteiger partial charge >= 0.3 is 12.4 Å². The average molecular weight is 542 g/mol. The maximum atomic E-state index is 13.1. The standard InChI is InChI=1S/C22H26ClF6N3O2Si/c1-20(2,3)35(4,5)34-9-7-6-8-17(33)18-19(23)32(31-30-18)13-14-10-15(21(24,25)26)12-16(11-14)22(27,28)29/h10-12,17,33H,7,9,13H2,1-5H3. The van der Waals surface area contributed by atoms with Crippen molar-refractivity contribution in [3.05, 3.63) is 45.7 Å². The molecule has 1 atom stereocenters. The molecule has 2 rings (SSSR count). The van der Waals surface area contributed by atoms with Crippen molar-refractivity contribution in [3.8, 4) is 11.8 Å². The lowest BCUT2D eigenvalue weighted by atomic mass is 10.0. The smallest absolute Gasteiger partial charge is 0.416 e. The van der Waals surface area contributed by atoms with Gasteiger partial charge in [-0.25, -0.2) is 4.68 Å². The number of hydrogen-bond acceptors (Lipinski definition) is 4. The van der Waals surface area contributed by atoms with Gasteiger partial charge in [0, 0.05) is 13.0 Å².